The van der Waals surface area contributed by atoms with Gasteiger partial charge in [0.15, 0.2) is 0 Å². The van der Waals surface area contributed by atoms with Gasteiger partial charge in [-0.1, -0.05) is 81.9 Å². The van der Waals surface area contributed by atoms with Gasteiger partial charge < -0.3 is 0 Å². The lowest BCUT2D eigenvalue weighted by atomic mass is 10.0. The van der Waals surface area contributed by atoms with Gasteiger partial charge in [0, 0.05) is 0 Å². The Hall–Kier alpha value is -0.480. The molecule has 0 saturated heterocycles. The lowest BCUT2D eigenvalue weighted by Gasteiger charge is -2.11. The molecule has 0 aromatic rings. The molecule has 0 bridgehead atoms. The Kier molecular flexibility index (Phi) is 19.5. The maximum atomic E-state index is 4.29. The summed E-state index contributed by atoms with van der Waals surface area (Å²) in [5, 5.41) is 0. The first-order valence-corrected chi connectivity index (χ1v) is 15.1. The Morgan fingerprint density at radius 1 is 0.679 bits per heavy atom. The van der Waals surface area contributed by atoms with E-state index in [0.29, 0.717) is 0 Å². The monoisotopic (exact) mass is 406 g/mol. The zero-order valence-electron chi connectivity index (χ0n) is 19.7. The fourth-order valence-electron chi connectivity index (χ4n) is 3.40. The molecule has 0 fully saturated rings. The number of unbranched alkanes of at least 4 members (excludes halogenated alkanes) is 10. The van der Waals surface area contributed by atoms with E-state index in [9.17, 15) is 0 Å². The van der Waals surface area contributed by atoms with E-state index in [0.717, 1.165) is 6.42 Å². The predicted molar refractivity (Wildman–Crippen MR) is 138 cm³/mol. The van der Waals surface area contributed by atoms with Crippen LogP contribution in [0, 0.1) is 0 Å². The first-order chi connectivity index (χ1) is 13.5. The van der Waals surface area contributed by atoms with E-state index >= 15 is 0 Å². The molecule has 0 amide bonds. The molecule has 0 aliphatic carbocycles. The first kappa shape index (κ1) is 27.5. The SMILES string of the molecule is C=C(CCCCCCC/C=C\C/C=C\CCCCC)CCCCCP(=C)(C)C. The molecule has 0 aromatic carbocycles. The topological polar surface area (TPSA) is 0 Å². The molecule has 164 valence electrons. The van der Waals surface area contributed by atoms with Crippen LogP contribution in [0.25, 0.3) is 0 Å². The van der Waals surface area contributed by atoms with Gasteiger partial charge in [-0.2, -0.15) is 0 Å². The molecule has 0 aromatic heterocycles. The van der Waals surface area contributed by atoms with Crippen molar-refractivity contribution in [2.24, 2.45) is 0 Å². The number of allylic oxidation sites excluding steroid dienone is 5. The molecular formula is C27H51P. The second kappa shape index (κ2) is 19.8. The Morgan fingerprint density at radius 3 is 1.75 bits per heavy atom. The maximum absolute atomic E-state index is 4.29. The second-order valence-corrected chi connectivity index (χ2v) is 13.5. The van der Waals surface area contributed by atoms with Crippen LogP contribution in [0.3, 0.4) is 0 Å². The van der Waals surface area contributed by atoms with Crippen LogP contribution >= 0.6 is 6.89 Å². The van der Waals surface area contributed by atoms with Crippen molar-refractivity contribution in [1.82, 2.24) is 0 Å². The van der Waals surface area contributed by atoms with Crippen LogP contribution < -0.4 is 0 Å². The Balaban J connectivity index is 3.33. The normalized spacial score (nSPS) is 12.4. The summed E-state index contributed by atoms with van der Waals surface area (Å²) in [4.78, 5) is 0. The minimum absolute atomic E-state index is 0.805. The third kappa shape index (κ3) is 23.6. The summed E-state index contributed by atoms with van der Waals surface area (Å²) < 4.78 is 0. The Labute approximate surface area is 179 Å². The van der Waals surface area contributed by atoms with Crippen molar-refractivity contribution in [2.45, 2.75) is 110 Å². The smallest absolute Gasteiger partial charge is 0.0169 e. The molecule has 0 radical (unpaired) electrons. The largest absolute Gasteiger partial charge is 0.118 e. The van der Waals surface area contributed by atoms with Crippen LogP contribution in [-0.2, 0) is 0 Å². The van der Waals surface area contributed by atoms with Crippen LogP contribution in [0.15, 0.2) is 36.5 Å². The van der Waals surface area contributed by atoms with E-state index in [2.05, 4.69) is 57.4 Å². The molecule has 0 rings (SSSR count). The van der Waals surface area contributed by atoms with Crippen molar-refractivity contribution < 1.29 is 0 Å². The summed E-state index contributed by atoms with van der Waals surface area (Å²) in [5.74, 6) is 0. The van der Waals surface area contributed by atoms with E-state index in [1.165, 1.54) is 108 Å². The highest BCUT2D eigenvalue weighted by Crippen LogP contribution is 2.36. The predicted octanol–water partition coefficient (Wildman–Crippen LogP) is 9.63. The summed E-state index contributed by atoms with van der Waals surface area (Å²) in [7, 11) is 0. The zero-order chi connectivity index (χ0) is 20.9. The molecule has 0 aliphatic rings. The summed E-state index contributed by atoms with van der Waals surface area (Å²) in [6.45, 7) is 10.4. The van der Waals surface area contributed by atoms with Crippen molar-refractivity contribution in [3.05, 3.63) is 36.5 Å². The molecule has 0 saturated carbocycles. The lowest BCUT2D eigenvalue weighted by Crippen LogP contribution is -1.89. The minimum Gasteiger partial charge on any atom is -0.118 e. The molecular weight excluding hydrogens is 355 g/mol. The molecule has 0 aliphatic heterocycles. The van der Waals surface area contributed by atoms with Crippen molar-refractivity contribution in [2.75, 3.05) is 19.5 Å². The molecule has 0 nitrogen and oxygen atoms in total. The molecule has 0 spiro atoms. The van der Waals surface area contributed by atoms with Gasteiger partial charge in [-0.3, -0.25) is 0 Å². The highest BCUT2D eigenvalue weighted by atomic mass is 31.2. The van der Waals surface area contributed by atoms with Crippen LogP contribution in [0.5, 0.6) is 0 Å². The standard InChI is InChI=1S/C27H51P/c1-6-7-8-9-10-11-12-13-14-15-16-17-18-19-21-24-27(2)25-22-20-23-26-28(3,4)5/h10-11,13-14H,2-3,6-9,12,15-26H2,1,4-5H3/b11-10-,14-13-. The molecule has 0 N–H and O–H groups in total. The van der Waals surface area contributed by atoms with E-state index in [-0.39, 0.29) is 0 Å². The van der Waals surface area contributed by atoms with Gasteiger partial charge in [0.25, 0.3) is 0 Å². The minimum atomic E-state index is -0.805. The average molecular weight is 407 g/mol. The summed E-state index contributed by atoms with van der Waals surface area (Å²) in [6, 6.07) is 0. The average Bonchev–Trinajstić information content (AvgIpc) is 2.63. The highest BCUT2D eigenvalue weighted by Gasteiger charge is 2.00. The van der Waals surface area contributed by atoms with E-state index < -0.39 is 6.89 Å². The van der Waals surface area contributed by atoms with Crippen molar-refractivity contribution in [3.8, 4) is 0 Å². The number of hydrogen-bond acceptors (Lipinski definition) is 0. The van der Waals surface area contributed by atoms with E-state index in [4.69, 9.17) is 0 Å². The number of hydrogen-bond donors (Lipinski definition) is 0. The molecule has 0 atom stereocenters. The number of rotatable bonds is 20. The van der Waals surface area contributed by atoms with Crippen LogP contribution in [-0.4, -0.2) is 25.8 Å². The quantitative estimate of drug-likeness (QED) is 0.107. The van der Waals surface area contributed by atoms with Gasteiger partial charge in [0.2, 0.25) is 0 Å². The van der Waals surface area contributed by atoms with Gasteiger partial charge in [-0.25, -0.2) is 0 Å². The zero-order valence-corrected chi connectivity index (χ0v) is 20.6. The Bertz CT molecular complexity index is 449. The van der Waals surface area contributed by atoms with Crippen LogP contribution in [0.2, 0.25) is 0 Å². The summed E-state index contributed by atoms with van der Waals surface area (Å²) in [6.07, 6.45) is 36.1. The van der Waals surface area contributed by atoms with Gasteiger partial charge in [-0.15, -0.1) is 13.2 Å². The third-order valence-electron chi connectivity index (χ3n) is 5.27. The van der Waals surface area contributed by atoms with Gasteiger partial charge in [-0.05, 0) is 83.7 Å². The van der Waals surface area contributed by atoms with Crippen molar-refractivity contribution in [1.29, 1.82) is 0 Å². The van der Waals surface area contributed by atoms with Crippen LogP contribution in [0.1, 0.15) is 110 Å². The lowest BCUT2D eigenvalue weighted by molar-refractivity contribution is 0.605. The van der Waals surface area contributed by atoms with E-state index in [1.54, 1.807) is 0 Å². The summed E-state index contributed by atoms with van der Waals surface area (Å²) >= 11 is 0. The highest BCUT2D eigenvalue weighted by molar-refractivity contribution is 7.72. The van der Waals surface area contributed by atoms with E-state index in [1.807, 2.05) is 0 Å². The fourth-order valence-corrected chi connectivity index (χ4v) is 4.48. The van der Waals surface area contributed by atoms with Crippen molar-refractivity contribution in [3.63, 3.8) is 0 Å². The molecule has 0 heterocycles. The van der Waals surface area contributed by atoms with Crippen molar-refractivity contribution >= 4 is 13.2 Å². The second-order valence-electron chi connectivity index (χ2n) is 9.20. The van der Waals surface area contributed by atoms with Gasteiger partial charge in [0.1, 0.15) is 0 Å². The summed E-state index contributed by atoms with van der Waals surface area (Å²) in [5.41, 5.74) is 1.48. The third-order valence-corrected chi connectivity index (χ3v) is 6.80. The van der Waals surface area contributed by atoms with Gasteiger partial charge in [0.05, 0.1) is 0 Å². The molecule has 1 heteroatoms. The molecule has 28 heavy (non-hydrogen) atoms. The fraction of sp³-hybridized carbons (Fsp3) is 0.741. The van der Waals surface area contributed by atoms with Gasteiger partial charge >= 0.3 is 0 Å². The Morgan fingerprint density at radius 2 is 1.18 bits per heavy atom. The van der Waals surface area contributed by atoms with Crippen LogP contribution in [0.4, 0.5) is 0 Å². The first-order valence-electron chi connectivity index (χ1n) is 12.1. The maximum Gasteiger partial charge on any atom is -0.0169 e. The molecule has 0 unspecified atom stereocenters.